The zero-order valence-electron chi connectivity index (χ0n) is 13.6. The van der Waals surface area contributed by atoms with Gasteiger partial charge in [-0.05, 0) is 6.07 Å². The molecule has 0 unspecified atom stereocenters. The van der Waals surface area contributed by atoms with E-state index in [9.17, 15) is 18.5 Å². The summed E-state index contributed by atoms with van der Waals surface area (Å²) < 4.78 is 23.7. The molecule has 1 heterocycles. The average Bonchev–Trinajstić information content (AvgIpc) is 2.95. The van der Waals surface area contributed by atoms with Gasteiger partial charge < -0.3 is 5.32 Å². The summed E-state index contributed by atoms with van der Waals surface area (Å²) in [5.41, 5.74) is 1.06. The number of hydrogen-bond donors (Lipinski definition) is 1. The summed E-state index contributed by atoms with van der Waals surface area (Å²) >= 11 is 1.61. The van der Waals surface area contributed by atoms with Gasteiger partial charge in [0.05, 0.1) is 26.2 Å². The summed E-state index contributed by atoms with van der Waals surface area (Å²) in [6.45, 7) is 4.65. The Morgan fingerprint density at radius 2 is 2.08 bits per heavy atom. The van der Waals surface area contributed by atoms with E-state index >= 15 is 0 Å². The number of nitro groups is 1. The van der Waals surface area contributed by atoms with Crippen molar-refractivity contribution >= 4 is 32.5 Å². The molecule has 130 valence electrons. The topological polar surface area (TPSA) is 102 Å². The second-order valence-corrected chi connectivity index (χ2v) is 8.59. The van der Waals surface area contributed by atoms with Crippen molar-refractivity contribution in [3.8, 4) is 0 Å². The standard InChI is InChI=1S/C15H19N3O4S2/c1-10(2)15-17-11(9-23-15)6-7-16-13-5-4-12(18(19)20)8-14(13)24(3,21)22/h4-5,8-10,16H,6-7H2,1-3H3. The monoisotopic (exact) mass is 369 g/mol. The molecule has 9 heteroatoms. The van der Waals surface area contributed by atoms with E-state index in [2.05, 4.69) is 24.1 Å². The molecule has 7 nitrogen and oxygen atoms in total. The first-order valence-electron chi connectivity index (χ1n) is 7.35. The largest absolute Gasteiger partial charge is 0.384 e. The number of aromatic nitrogens is 1. The summed E-state index contributed by atoms with van der Waals surface area (Å²) in [5, 5.41) is 16.9. The number of anilines is 1. The highest BCUT2D eigenvalue weighted by Crippen LogP contribution is 2.26. The quantitative estimate of drug-likeness (QED) is 0.594. The smallest absolute Gasteiger partial charge is 0.270 e. The van der Waals surface area contributed by atoms with Crippen LogP contribution < -0.4 is 5.32 Å². The van der Waals surface area contributed by atoms with Gasteiger partial charge in [-0.15, -0.1) is 11.3 Å². The summed E-state index contributed by atoms with van der Waals surface area (Å²) in [6, 6.07) is 3.79. The Bertz CT molecular complexity index is 844. The van der Waals surface area contributed by atoms with Crippen LogP contribution in [0.3, 0.4) is 0 Å². The molecular weight excluding hydrogens is 350 g/mol. The molecule has 0 bridgehead atoms. The number of nitro benzene ring substituents is 1. The molecule has 0 atom stereocenters. The molecule has 24 heavy (non-hydrogen) atoms. The molecule has 0 fully saturated rings. The van der Waals surface area contributed by atoms with Gasteiger partial charge in [-0.1, -0.05) is 13.8 Å². The molecule has 0 saturated heterocycles. The van der Waals surface area contributed by atoms with E-state index in [1.54, 1.807) is 11.3 Å². The molecule has 1 aromatic heterocycles. The van der Waals surface area contributed by atoms with Crippen LogP contribution in [-0.2, 0) is 16.3 Å². The summed E-state index contributed by atoms with van der Waals surface area (Å²) in [5.74, 6) is 0.378. The van der Waals surface area contributed by atoms with E-state index in [4.69, 9.17) is 0 Å². The lowest BCUT2D eigenvalue weighted by molar-refractivity contribution is -0.385. The first-order chi connectivity index (χ1) is 11.2. The summed E-state index contributed by atoms with van der Waals surface area (Å²) in [7, 11) is -3.57. The maximum atomic E-state index is 11.9. The number of nitrogens with one attached hydrogen (secondary N) is 1. The highest BCUT2D eigenvalue weighted by molar-refractivity contribution is 7.90. The third-order valence-electron chi connectivity index (χ3n) is 3.34. The Morgan fingerprint density at radius 3 is 2.62 bits per heavy atom. The highest BCUT2D eigenvalue weighted by Gasteiger charge is 2.18. The lowest BCUT2D eigenvalue weighted by Gasteiger charge is -2.10. The van der Waals surface area contributed by atoms with E-state index in [-0.39, 0.29) is 10.6 Å². The normalized spacial score (nSPS) is 11.7. The minimum absolute atomic E-state index is 0.0714. The number of sulfone groups is 1. The van der Waals surface area contributed by atoms with Crippen LogP contribution in [0.5, 0.6) is 0 Å². The average molecular weight is 369 g/mol. The second-order valence-electron chi connectivity index (χ2n) is 5.72. The number of hydrogen-bond acceptors (Lipinski definition) is 7. The second kappa shape index (κ2) is 7.27. The molecule has 2 rings (SSSR count). The van der Waals surface area contributed by atoms with Crippen molar-refractivity contribution < 1.29 is 13.3 Å². The number of thiazole rings is 1. The van der Waals surface area contributed by atoms with Gasteiger partial charge in [-0.2, -0.15) is 0 Å². The molecule has 0 spiro atoms. The van der Waals surface area contributed by atoms with E-state index in [0.717, 1.165) is 23.0 Å². The fraction of sp³-hybridized carbons (Fsp3) is 0.400. The van der Waals surface area contributed by atoms with Crippen molar-refractivity contribution in [3.63, 3.8) is 0 Å². The van der Waals surface area contributed by atoms with Crippen LogP contribution in [-0.4, -0.2) is 31.1 Å². The minimum atomic E-state index is -3.57. The van der Waals surface area contributed by atoms with Crippen LogP contribution in [0, 0.1) is 10.1 Å². The predicted molar refractivity (Wildman–Crippen MR) is 94.6 cm³/mol. The molecule has 1 aromatic carbocycles. The summed E-state index contributed by atoms with van der Waals surface area (Å²) in [6.07, 6.45) is 1.68. The van der Waals surface area contributed by atoms with Gasteiger partial charge in [0.2, 0.25) is 0 Å². The molecule has 2 aromatic rings. The van der Waals surface area contributed by atoms with Gasteiger partial charge in [0.25, 0.3) is 5.69 Å². The number of nitrogens with zero attached hydrogens (tertiary/aromatic N) is 2. The maximum Gasteiger partial charge on any atom is 0.270 e. The minimum Gasteiger partial charge on any atom is -0.384 e. The lowest BCUT2D eigenvalue weighted by atomic mass is 10.2. The van der Waals surface area contributed by atoms with Gasteiger partial charge in [0.15, 0.2) is 9.84 Å². The first-order valence-corrected chi connectivity index (χ1v) is 10.1. The van der Waals surface area contributed by atoms with Gasteiger partial charge in [-0.3, -0.25) is 10.1 Å². The van der Waals surface area contributed by atoms with Gasteiger partial charge >= 0.3 is 0 Å². The predicted octanol–water partition coefficient (Wildman–Crippen LogP) is 3.23. The van der Waals surface area contributed by atoms with Crippen LogP contribution in [0.1, 0.15) is 30.5 Å². The lowest BCUT2D eigenvalue weighted by Crippen LogP contribution is -2.10. The number of rotatable bonds is 7. The third-order valence-corrected chi connectivity index (χ3v) is 5.67. The Hall–Kier alpha value is -2.00. The first kappa shape index (κ1) is 18.3. The maximum absolute atomic E-state index is 11.9. The van der Waals surface area contributed by atoms with Crippen molar-refractivity contribution in [2.45, 2.75) is 31.1 Å². The fourth-order valence-corrected chi connectivity index (χ4v) is 3.85. The van der Waals surface area contributed by atoms with E-state index < -0.39 is 14.8 Å². The zero-order valence-corrected chi connectivity index (χ0v) is 15.3. The van der Waals surface area contributed by atoms with Crippen LogP contribution in [0.4, 0.5) is 11.4 Å². The van der Waals surface area contributed by atoms with Crippen molar-refractivity contribution in [1.29, 1.82) is 0 Å². The summed E-state index contributed by atoms with van der Waals surface area (Å²) in [4.78, 5) is 14.7. The van der Waals surface area contributed by atoms with Crippen LogP contribution in [0.15, 0.2) is 28.5 Å². The highest BCUT2D eigenvalue weighted by atomic mass is 32.2. The Labute approximate surface area is 144 Å². The zero-order chi connectivity index (χ0) is 17.9. The molecule has 0 aliphatic rings. The molecule has 0 aliphatic carbocycles. The van der Waals surface area contributed by atoms with Crippen LogP contribution in [0.25, 0.3) is 0 Å². The van der Waals surface area contributed by atoms with Crippen molar-refractivity contribution in [3.05, 3.63) is 44.4 Å². The van der Waals surface area contributed by atoms with Gasteiger partial charge in [0.1, 0.15) is 0 Å². The Kier molecular flexibility index (Phi) is 5.55. The molecule has 0 saturated carbocycles. The van der Waals surface area contributed by atoms with Crippen molar-refractivity contribution in [1.82, 2.24) is 4.98 Å². The van der Waals surface area contributed by atoms with E-state index in [0.29, 0.717) is 24.6 Å². The molecule has 0 aliphatic heterocycles. The van der Waals surface area contributed by atoms with Gasteiger partial charge in [-0.25, -0.2) is 13.4 Å². The van der Waals surface area contributed by atoms with Crippen molar-refractivity contribution in [2.75, 3.05) is 18.1 Å². The van der Waals surface area contributed by atoms with E-state index in [1.165, 1.54) is 12.1 Å². The molecule has 0 radical (unpaired) electrons. The number of benzene rings is 1. The van der Waals surface area contributed by atoms with Crippen LogP contribution >= 0.6 is 11.3 Å². The van der Waals surface area contributed by atoms with Crippen molar-refractivity contribution in [2.24, 2.45) is 0 Å². The Balaban J connectivity index is 2.12. The fourth-order valence-electron chi connectivity index (χ4n) is 2.11. The van der Waals surface area contributed by atoms with Gasteiger partial charge in [0, 0.05) is 42.7 Å². The molecular formula is C15H19N3O4S2. The Morgan fingerprint density at radius 1 is 1.38 bits per heavy atom. The van der Waals surface area contributed by atoms with E-state index in [1.807, 2.05) is 5.38 Å². The molecule has 0 amide bonds. The third kappa shape index (κ3) is 4.51. The molecule has 1 N–H and O–H groups in total. The SMILES string of the molecule is CC(C)c1nc(CCNc2ccc([N+](=O)[O-])cc2S(C)(=O)=O)cs1. The number of non-ortho nitro benzene ring substituents is 1. The van der Waals surface area contributed by atoms with Crippen LogP contribution in [0.2, 0.25) is 0 Å².